The molecule has 4 N–H and O–H groups in total. The normalized spacial score (nSPS) is 20.7. The third kappa shape index (κ3) is 4.89. The Kier molecular flexibility index (Phi) is 6.55. The largest absolute Gasteiger partial charge is 0.383 e. The average molecular weight is 558 g/mol. The molecule has 0 amide bonds. The molecule has 1 saturated heterocycles. The Bertz CT molecular complexity index is 1660. The molecular weight excluding hydrogens is 524 g/mol. The Morgan fingerprint density at radius 3 is 2.39 bits per heavy atom. The lowest BCUT2D eigenvalue weighted by molar-refractivity contribution is 0.0828. The van der Waals surface area contributed by atoms with E-state index in [0.29, 0.717) is 34.9 Å². The van der Waals surface area contributed by atoms with Gasteiger partial charge in [-0.3, -0.25) is 4.90 Å². The number of aromatic amines is 1. The van der Waals surface area contributed by atoms with Crippen molar-refractivity contribution in [3.8, 4) is 11.1 Å². The Labute approximate surface area is 236 Å². The van der Waals surface area contributed by atoms with Crippen LogP contribution in [0.4, 0.5) is 26.2 Å². The Morgan fingerprint density at radius 1 is 0.927 bits per heavy atom. The van der Waals surface area contributed by atoms with Crippen LogP contribution in [-0.2, 0) is 0 Å². The number of nitrogens with two attached hydrogens (primary N) is 1. The highest BCUT2D eigenvalue weighted by atomic mass is 19.2. The number of imidazole rings is 1. The van der Waals surface area contributed by atoms with Crippen LogP contribution in [0.2, 0.25) is 0 Å². The first-order valence-electron chi connectivity index (χ1n) is 14.2. The first kappa shape index (κ1) is 25.8. The van der Waals surface area contributed by atoms with Gasteiger partial charge in [-0.2, -0.15) is 0 Å². The standard InChI is InChI=1S/C30H33F2N9/c1-39-10-12-40(13-11-39)20-6-8-21(9-7-20)41-16-22(27-28(33)34-17-35-29(27)41)18-2-4-19(5-3-18)36-30-37-25-14-23(31)24(32)15-26(25)38-30/h2-5,14-17,20-21H,6-13H2,1H3,(H2,33,34,35)(H2,36,37,38)/t20-,21+. The van der Waals surface area contributed by atoms with Crippen LogP contribution >= 0.6 is 0 Å². The van der Waals surface area contributed by atoms with Gasteiger partial charge in [-0.1, -0.05) is 12.1 Å². The fourth-order valence-electron chi connectivity index (χ4n) is 6.43. The summed E-state index contributed by atoms with van der Waals surface area (Å²) in [6.07, 6.45) is 8.32. The van der Waals surface area contributed by atoms with Gasteiger partial charge in [-0.25, -0.2) is 23.7 Å². The van der Waals surface area contributed by atoms with E-state index < -0.39 is 11.6 Å². The second-order valence-electron chi connectivity index (χ2n) is 11.3. The molecule has 41 heavy (non-hydrogen) atoms. The molecule has 2 aliphatic rings. The molecule has 0 radical (unpaired) electrons. The van der Waals surface area contributed by atoms with Crippen LogP contribution in [0.15, 0.2) is 48.9 Å². The topological polar surface area (TPSA) is 104 Å². The van der Waals surface area contributed by atoms with Crippen LogP contribution < -0.4 is 11.1 Å². The molecule has 9 nitrogen and oxygen atoms in total. The van der Waals surface area contributed by atoms with Gasteiger partial charge in [0.15, 0.2) is 11.6 Å². The van der Waals surface area contributed by atoms with E-state index in [1.165, 1.54) is 12.8 Å². The molecule has 2 fully saturated rings. The molecule has 11 heteroatoms. The molecule has 0 atom stereocenters. The number of likely N-dealkylation sites (N-methyl/N-ethyl adjacent to an activating group) is 1. The SMILES string of the molecule is CN1CCN([C@H]2CC[C@@H](n3cc(-c4ccc(Nc5nc6cc(F)c(F)cc6[nH]5)cc4)c4c(N)ncnc43)CC2)CC1. The summed E-state index contributed by atoms with van der Waals surface area (Å²) < 4.78 is 29.5. The lowest BCUT2D eigenvalue weighted by Gasteiger charge is -2.41. The highest BCUT2D eigenvalue weighted by molar-refractivity contribution is 6.00. The number of anilines is 3. The minimum Gasteiger partial charge on any atom is -0.383 e. The van der Waals surface area contributed by atoms with Gasteiger partial charge in [0.1, 0.15) is 17.8 Å². The summed E-state index contributed by atoms with van der Waals surface area (Å²) in [5.74, 6) is -0.967. The number of halogens is 2. The maximum Gasteiger partial charge on any atom is 0.205 e. The number of fused-ring (bicyclic) bond motifs is 2. The molecule has 1 saturated carbocycles. The lowest BCUT2D eigenvalue weighted by Crippen LogP contribution is -2.49. The first-order valence-corrected chi connectivity index (χ1v) is 14.2. The van der Waals surface area contributed by atoms with Gasteiger partial charge in [0.05, 0.1) is 16.4 Å². The zero-order valence-electron chi connectivity index (χ0n) is 22.9. The second-order valence-corrected chi connectivity index (χ2v) is 11.3. The number of hydrogen-bond donors (Lipinski definition) is 3. The molecule has 0 unspecified atom stereocenters. The number of nitrogens with one attached hydrogen (secondary N) is 2. The van der Waals surface area contributed by atoms with Crippen molar-refractivity contribution < 1.29 is 8.78 Å². The van der Waals surface area contributed by atoms with E-state index in [1.54, 1.807) is 6.33 Å². The molecule has 0 spiro atoms. The van der Waals surface area contributed by atoms with Gasteiger partial charge in [-0.05, 0) is 50.4 Å². The van der Waals surface area contributed by atoms with Crippen molar-refractivity contribution in [2.75, 3.05) is 44.3 Å². The average Bonchev–Trinajstić information content (AvgIpc) is 3.56. The van der Waals surface area contributed by atoms with E-state index in [9.17, 15) is 8.78 Å². The van der Waals surface area contributed by atoms with E-state index in [4.69, 9.17) is 5.73 Å². The highest BCUT2D eigenvalue weighted by Crippen LogP contribution is 2.39. The molecule has 3 aromatic heterocycles. The molecule has 7 rings (SSSR count). The van der Waals surface area contributed by atoms with Gasteiger partial charge in [0.25, 0.3) is 0 Å². The minimum absolute atomic E-state index is 0.351. The summed E-state index contributed by atoms with van der Waals surface area (Å²) in [7, 11) is 2.20. The molecule has 2 aromatic carbocycles. The van der Waals surface area contributed by atoms with E-state index in [-0.39, 0.29) is 0 Å². The molecule has 1 aliphatic heterocycles. The minimum atomic E-state index is -0.926. The number of hydrogen-bond acceptors (Lipinski definition) is 7. The summed E-state index contributed by atoms with van der Waals surface area (Å²) in [4.78, 5) is 21.4. The number of nitrogens with zero attached hydrogens (tertiary/aromatic N) is 6. The Balaban J connectivity index is 1.12. The van der Waals surface area contributed by atoms with Crippen molar-refractivity contribution in [3.63, 3.8) is 0 Å². The molecule has 212 valence electrons. The van der Waals surface area contributed by atoms with Crippen molar-refractivity contribution in [2.24, 2.45) is 0 Å². The van der Waals surface area contributed by atoms with Gasteiger partial charge < -0.3 is 25.5 Å². The maximum absolute atomic E-state index is 13.6. The fourth-order valence-corrected chi connectivity index (χ4v) is 6.43. The van der Waals surface area contributed by atoms with Gasteiger partial charge >= 0.3 is 0 Å². The Hall–Kier alpha value is -4.09. The van der Waals surface area contributed by atoms with Crippen molar-refractivity contribution in [3.05, 3.63) is 60.6 Å². The van der Waals surface area contributed by atoms with E-state index in [0.717, 1.165) is 79.0 Å². The zero-order chi connectivity index (χ0) is 28.1. The van der Waals surface area contributed by atoms with Crippen molar-refractivity contribution in [1.29, 1.82) is 0 Å². The molecular formula is C30H33F2N9. The third-order valence-corrected chi connectivity index (χ3v) is 8.74. The molecule has 0 bridgehead atoms. The summed E-state index contributed by atoms with van der Waals surface area (Å²) in [5, 5.41) is 4.05. The number of aromatic nitrogens is 5. The number of benzene rings is 2. The second kappa shape index (κ2) is 10.4. The number of nitrogen functional groups attached to an aromatic ring is 1. The van der Waals surface area contributed by atoms with Crippen LogP contribution in [0.3, 0.4) is 0 Å². The lowest BCUT2D eigenvalue weighted by atomic mass is 9.89. The fraction of sp³-hybridized carbons (Fsp3) is 0.367. The van der Waals surface area contributed by atoms with E-state index in [1.807, 2.05) is 24.3 Å². The number of H-pyrrole nitrogens is 1. The summed E-state index contributed by atoms with van der Waals surface area (Å²) in [6.45, 7) is 4.61. The number of rotatable bonds is 5. The highest BCUT2D eigenvalue weighted by Gasteiger charge is 2.30. The van der Waals surface area contributed by atoms with Crippen LogP contribution in [0.5, 0.6) is 0 Å². The van der Waals surface area contributed by atoms with Crippen LogP contribution in [0.1, 0.15) is 31.7 Å². The predicted octanol–water partition coefficient (Wildman–Crippen LogP) is 5.31. The Morgan fingerprint density at radius 2 is 1.63 bits per heavy atom. The zero-order valence-corrected chi connectivity index (χ0v) is 22.9. The maximum atomic E-state index is 13.6. The van der Waals surface area contributed by atoms with Crippen molar-refractivity contribution in [1.82, 2.24) is 34.3 Å². The molecule has 4 heterocycles. The van der Waals surface area contributed by atoms with E-state index in [2.05, 4.69) is 52.9 Å². The predicted molar refractivity (Wildman–Crippen MR) is 157 cm³/mol. The van der Waals surface area contributed by atoms with Gasteiger partial charge in [0, 0.05) is 67.8 Å². The van der Waals surface area contributed by atoms with Crippen LogP contribution in [-0.4, -0.2) is 73.6 Å². The summed E-state index contributed by atoms with van der Waals surface area (Å²) in [5.41, 5.74) is 10.8. The quantitative estimate of drug-likeness (QED) is 0.269. The van der Waals surface area contributed by atoms with Crippen LogP contribution in [0.25, 0.3) is 33.2 Å². The molecule has 5 aromatic rings. The smallest absolute Gasteiger partial charge is 0.205 e. The van der Waals surface area contributed by atoms with Crippen molar-refractivity contribution >= 4 is 39.5 Å². The summed E-state index contributed by atoms with van der Waals surface area (Å²) >= 11 is 0. The third-order valence-electron chi connectivity index (χ3n) is 8.74. The van der Waals surface area contributed by atoms with Crippen LogP contribution in [0, 0.1) is 11.6 Å². The first-order chi connectivity index (χ1) is 19.9. The monoisotopic (exact) mass is 557 g/mol. The van der Waals surface area contributed by atoms with Gasteiger partial charge in [0.2, 0.25) is 5.95 Å². The van der Waals surface area contributed by atoms with Crippen molar-refractivity contribution in [2.45, 2.75) is 37.8 Å². The molecule has 1 aliphatic carbocycles. The van der Waals surface area contributed by atoms with Gasteiger partial charge in [-0.15, -0.1) is 0 Å². The summed E-state index contributed by atoms with van der Waals surface area (Å²) in [6, 6.07) is 11.1. The number of piperazine rings is 1. The van der Waals surface area contributed by atoms with E-state index >= 15 is 0 Å².